The molecule has 13 heteroatoms. The van der Waals surface area contributed by atoms with Crippen molar-refractivity contribution in [1.82, 2.24) is 19.1 Å². The summed E-state index contributed by atoms with van der Waals surface area (Å²) in [6.45, 7) is 2.82. The van der Waals surface area contributed by atoms with Crippen LogP contribution in [0.1, 0.15) is 24.0 Å². The fourth-order valence-electron chi connectivity index (χ4n) is 4.62. The molecule has 0 aliphatic carbocycles. The number of carboxylic acids is 1. The van der Waals surface area contributed by atoms with E-state index in [-0.39, 0.29) is 11.6 Å². The van der Waals surface area contributed by atoms with Gasteiger partial charge in [0.1, 0.15) is 0 Å². The van der Waals surface area contributed by atoms with Crippen LogP contribution in [-0.2, 0) is 24.8 Å². The molecule has 1 aliphatic rings. The van der Waals surface area contributed by atoms with Gasteiger partial charge in [-0.2, -0.15) is 23.1 Å². The van der Waals surface area contributed by atoms with E-state index in [1.54, 1.807) is 11.6 Å². The minimum Gasteiger partial charge on any atom is -0.475 e. The fourth-order valence-corrected chi connectivity index (χ4v) is 4.62. The number of hydrogen-bond donors (Lipinski definition) is 3. The van der Waals surface area contributed by atoms with Crippen LogP contribution in [-0.4, -0.2) is 62.0 Å². The Morgan fingerprint density at radius 3 is 2.27 bits per heavy atom. The SMILES string of the molecule is Cn1c(NCCc2ccccc2)nc2nc(N3CCCC(N)C3)n(Cc3ccccc3)c2c1=O.O=C(O)C(F)(F)F. The summed E-state index contributed by atoms with van der Waals surface area (Å²) in [6.07, 6.45) is -2.23. The number of carboxylic acid groups (broad SMARTS) is 1. The summed E-state index contributed by atoms with van der Waals surface area (Å²) in [5.41, 5.74) is 9.49. The first-order chi connectivity index (χ1) is 19.5. The van der Waals surface area contributed by atoms with E-state index in [0.717, 1.165) is 43.9 Å². The molecule has 0 bridgehead atoms. The maximum absolute atomic E-state index is 13.5. The number of nitrogens with zero attached hydrogens (tertiary/aromatic N) is 5. The highest BCUT2D eigenvalue weighted by Gasteiger charge is 2.38. The van der Waals surface area contributed by atoms with Crippen molar-refractivity contribution < 1.29 is 23.1 Å². The van der Waals surface area contributed by atoms with Gasteiger partial charge in [-0.1, -0.05) is 60.7 Å². The summed E-state index contributed by atoms with van der Waals surface area (Å²) >= 11 is 0. The Hall–Kier alpha value is -4.39. The lowest BCUT2D eigenvalue weighted by molar-refractivity contribution is -0.192. The number of hydrogen-bond acceptors (Lipinski definition) is 7. The molecule has 3 heterocycles. The van der Waals surface area contributed by atoms with Crippen molar-refractivity contribution in [1.29, 1.82) is 0 Å². The van der Waals surface area contributed by atoms with E-state index in [1.165, 1.54) is 5.56 Å². The predicted molar refractivity (Wildman–Crippen MR) is 150 cm³/mol. The first-order valence-electron chi connectivity index (χ1n) is 13.1. The quantitative estimate of drug-likeness (QED) is 0.308. The second-order valence-corrected chi connectivity index (χ2v) is 9.77. The number of piperidine rings is 1. The van der Waals surface area contributed by atoms with Crippen LogP contribution >= 0.6 is 0 Å². The number of nitrogens with two attached hydrogens (primary N) is 1. The number of halogens is 3. The van der Waals surface area contributed by atoms with Crippen molar-refractivity contribution in [2.24, 2.45) is 12.8 Å². The van der Waals surface area contributed by atoms with E-state index in [9.17, 15) is 18.0 Å². The van der Waals surface area contributed by atoms with Crippen molar-refractivity contribution in [3.8, 4) is 0 Å². The van der Waals surface area contributed by atoms with Crippen molar-refractivity contribution in [2.45, 2.75) is 38.0 Å². The third-order valence-electron chi connectivity index (χ3n) is 6.67. The Morgan fingerprint density at radius 1 is 1.07 bits per heavy atom. The lowest BCUT2D eigenvalue weighted by Crippen LogP contribution is -2.44. The summed E-state index contributed by atoms with van der Waals surface area (Å²) in [5, 5.41) is 10.5. The van der Waals surface area contributed by atoms with Gasteiger partial charge >= 0.3 is 12.1 Å². The Kier molecular flexibility index (Phi) is 9.28. The van der Waals surface area contributed by atoms with Gasteiger partial charge in [0, 0.05) is 32.7 Å². The van der Waals surface area contributed by atoms with Crippen LogP contribution in [0.4, 0.5) is 25.1 Å². The number of alkyl halides is 3. The van der Waals surface area contributed by atoms with Crippen molar-refractivity contribution in [2.75, 3.05) is 29.9 Å². The van der Waals surface area contributed by atoms with Gasteiger partial charge in [-0.3, -0.25) is 13.9 Å². The molecule has 10 nitrogen and oxygen atoms in total. The van der Waals surface area contributed by atoms with Gasteiger partial charge in [0.2, 0.25) is 11.9 Å². The lowest BCUT2D eigenvalue weighted by Gasteiger charge is -2.31. The number of benzene rings is 2. The average molecular weight is 572 g/mol. The van der Waals surface area contributed by atoms with Crippen LogP contribution in [0.25, 0.3) is 11.2 Å². The molecule has 2 aromatic carbocycles. The van der Waals surface area contributed by atoms with Crippen molar-refractivity contribution >= 4 is 29.0 Å². The molecule has 1 fully saturated rings. The topological polar surface area (TPSA) is 131 Å². The largest absolute Gasteiger partial charge is 0.490 e. The molecule has 0 saturated carbocycles. The van der Waals surface area contributed by atoms with E-state index in [4.69, 9.17) is 25.6 Å². The molecule has 41 heavy (non-hydrogen) atoms. The minimum absolute atomic E-state index is 0.102. The van der Waals surface area contributed by atoms with Gasteiger partial charge in [0.05, 0.1) is 6.54 Å². The van der Waals surface area contributed by atoms with Crippen LogP contribution in [0.5, 0.6) is 0 Å². The van der Waals surface area contributed by atoms with Gasteiger partial charge in [-0.15, -0.1) is 0 Å². The second kappa shape index (κ2) is 12.9. The van der Waals surface area contributed by atoms with Gasteiger partial charge in [-0.05, 0) is 30.4 Å². The average Bonchev–Trinajstić information content (AvgIpc) is 3.30. The first-order valence-corrected chi connectivity index (χ1v) is 13.1. The Bertz CT molecular complexity index is 1520. The molecule has 1 atom stereocenters. The number of carbonyl (C=O) groups is 1. The number of nitrogens with one attached hydrogen (secondary N) is 1. The molecule has 1 aliphatic heterocycles. The van der Waals surface area contributed by atoms with Crippen LogP contribution in [0.15, 0.2) is 65.5 Å². The molecule has 4 N–H and O–H groups in total. The maximum atomic E-state index is 13.5. The molecular weight excluding hydrogens is 539 g/mol. The summed E-state index contributed by atoms with van der Waals surface area (Å²) in [4.78, 5) is 34.3. The van der Waals surface area contributed by atoms with Crippen molar-refractivity contribution in [3.05, 3.63) is 82.1 Å². The highest BCUT2D eigenvalue weighted by atomic mass is 19.4. The van der Waals surface area contributed by atoms with Crippen LogP contribution in [0.3, 0.4) is 0 Å². The van der Waals surface area contributed by atoms with Gasteiger partial charge in [-0.25, -0.2) is 4.79 Å². The highest BCUT2D eigenvalue weighted by molar-refractivity contribution is 5.76. The zero-order chi connectivity index (χ0) is 29.6. The Balaban J connectivity index is 0.000000493. The van der Waals surface area contributed by atoms with Crippen molar-refractivity contribution in [3.63, 3.8) is 0 Å². The Morgan fingerprint density at radius 2 is 1.68 bits per heavy atom. The number of fused-ring (bicyclic) bond motifs is 1. The summed E-state index contributed by atoms with van der Waals surface area (Å²) in [5.74, 6) is -1.47. The number of aliphatic carboxylic acids is 1. The molecular formula is C28H32F3N7O3. The van der Waals surface area contributed by atoms with E-state index >= 15 is 0 Å². The molecule has 218 valence electrons. The van der Waals surface area contributed by atoms with Gasteiger partial charge in [0.25, 0.3) is 5.56 Å². The molecule has 0 amide bonds. The number of aromatic nitrogens is 4. The molecule has 0 radical (unpaired) electrons. The monoisotopic (exact) mass is 571 g/mol. The van der Waals surface area contributed by atoms with Crippen LogP contribution in [0.2, 0.25) is 0 Å². The number of imidazole rings is 1. The standard InChI is InChI=1S/C26H31N7O.C2HF3O2/c1-31-24(34)22-23(29-25(31)28-15-14-19-9-4-2-5-10-19)30-26(32-16-8-13-21(27)18-32)33(22)17-20-11-6-3-7-12-20;3-2(4,5)1(6)7/h2-7,9-12,21H,8,13-18,27H2,1H3,(H,28,29);(H,6,7). The third kappa shape index (κ3) is 7.42. The zero-order valence-corrected chi connectivity index (χ0v) is 22.5. The van der Waals surface area contributed by atoms with Crippen LogP contribution in [0, 0.1) is 0 Å². The number of anilines is 2. The highest BCUT2D eigenvalue weighted by Crippen LogP contribution is 2.25. The van der Waals surface area contributed by atoms with Gasteiger partial charge < -0.3 is 21.1 Å². The molecule has 5 rings (SSSR count). The number of rotatable bonds is 7. The second-order valence-electron chi connectivity index (χ2n) is 9.77. The fraction of sp³-hybridized carbons (Fsp3) is 0.357. The smallest absolute Gasteiger partial charge is 0.475 e. The summed E-state index contributed by atoms with van der Waals surface area (Å²) in [7, 11) is 1.76. The van der Waals surface area contributed by atoms with E-state index in [1.807, 2.05) is 41.0 Å². The molecule has 4 aromatic rings. The van der Waals surface area contributed by atoms with E-state index < -0.39 is 12.1 Å². The lowest BCUT2D eigenvalue weighted by atomic mass is 10.1. The molecule has 1 saturated heterocycles. The molecule has 2 aromatic heterocycles. The summed E-state index contributed by atoms with van der Waals surface area (Å²) in [6, 6.07) is 20.5. The van der Waals surface area contributed by atoms with Crippen LogP contribution < -0.4 is 21.5 Å². The minimum atomic E-state index is -5.08. The molecule has 0 spiro atoms. The zero-order valence-electron chi connectivity index (χ0n) is 22.5. The predicted octanol–water partition coefficient (Wildman–Crippen LogP) is 3.39. The maximum Gasteiger partial charge on any atom is 0.490 e. The Labute approximate surface area is 234 Å². The molecule has 1 unspecified atom stereocenters. The van der Waals surface area contributed by atoms with E-state index in [0.29, 0.717) is 30.2 Å². The normalized spacial score (nSPS) is 15.3. The third-order valence-corrected chi connectivity index (χ3v) is 6.67. The van der Waals surface area contributed by atoms with E-state index in [2.05, 4.69) is 34.5 Å². The van der Waals surface area contributed by atoms with Gasteiger partial charge in [0.15, 0.2) is 11.2 Å². The summed E-state index contributed by atoms with van der Waals surface area (Å²) < 4.78 is 35.3. The first kappa shape index (κ1) is 29.6.